The number of urea groups is 1. The lowest BCUT2D eigenvalue weighted by Crippen LogP contribution is -2.30. The molecule has 122 valence electrons. The van der Waals surface area contributed by atoms with Crippen LogP contribution in [0.2, 0.25) is 0 Å². The maximum absolute atomic E-state index is 12.2. The zero-order chi connectivity index (χ0) is 16.1. The third kappa shape index (κ3) is 3.89. The van der Waals surface area contributed by atoms with Gasteiger partial charge in [-0.15, -0.1) is 4.37 Å². The van der Waals surface area contributed by atoms with Crippen LogP contribution in [0.25, 0.3) is 0 Å². The summed E-state index contributed by atoms with van der Waals surface area (Å²) >= 11 is 1.08. The van der Waals surface area contributed by atoms with E-state index in [4.69, 9.17) is 4.74 Å². The molecule has 1 aliphatic heterocycles. The molecule has 2 N–H and O–H groups in total. The molecule has 3 rings (SSSR count). The van der Waals surface area contributed by atoms with E-state index in [0.717, 1.165) is 36.0 Å². The second-order valence-electron chi connectivity index (χ2n) is 5.23. The molecule has 8 heteroatoms. The number of hydrogen-bond donors (Lipinski definition) is 2. The quantitative estimate of drug-likeness (QED) is 0.898. The van der Waals surface area contributed by atoms with Gasteiger partial charge in [-0.3, -0.25) is 5.32 Å². The summed E-state index contributed by atoms with van der Waals surface area (Å²) in [6.45, 7) is 2.04. The Morgan fingerprint density at radius 2 is 2.00 bits per heavy atom. The van der Waals surface area contributed by atoms with Gasteiger partial charge in [0, 0.05) is 24.6 Å². The molecular weight excluding hydrogens is 314 g/mol. The molecule has 1 saturated heterocycles. The number of methoxy groups -OCH3 is 1. The Bertz CT molecular complexity index is 669. The molecule has 0 spiro atoms. The van der Waals surface area contributed by atoms with Crippen LogP contribution in [0.5, 0.6) is 6.01 Å². The van der Waals surface area contributed by atoms with E-state index in [1.165, 1.54) is 26.4 Å². The third-order valence-electron chi connectivity index (χ3n) is 3.66. The van der Waals surface area contributed by atoms with Crippen molar-refractivity contribution in [1.82, 2.24) is 9.36 Å². The molecular formula is C15H19N5O2S. The first-order chi connectivity index (χ1) is 11.3. The Morgan fingerprint density at radius 1 is 1.22 bits per heavy atom. The summed E-state index contributed by atoms with van der Waals surface area (Å²) in [5, 5.41) is 5.96. The predicted molar refractivity (Wildman–Crippen MR) is 91.6 cm³/mol. The number of carbonyl (C=O) groups excluding carboxylic acids is 1. The van der Waals surface area contributed by atoms with Crippen LogP contribution in [0, 0.1) is 0 Å². The lowest BCUT2D eigenvalue weighted by Gasteiger charge is -2.30. The minimum atomic E-state index is -0.340. The van der Waals surface area contributed by atoms with Gasteiger partial charge in [-0.1, -0.05) is 12.1 Å². The van der Waals surface area contributed by atoms with Gasteiger partial charge in [-0.2, -0.15) is 4.98 Å². The molecule has 2 amide bonds. The summed E-state index contributed by atoms with van der Waals surface area (Å²) in [5.74, 6) is 0. The molecule has 0 atom stereocenters. The average molecular weight is 333 g/mol. The summed E-state index contributed by atoms with van der Waals surface area (Å²) in [6.07, 6.45) is 3.64. The van der Waals surface area contributed by atoms with E-state index < -0.39 is 0 Å². The van der Waals surface area contributed by atoms with Gasteiger partial charge < -0.3 is 15.0 Å². The second kappa shape index (κ2) is 7.28. The SMILES string of the molecule is COc1nsc(NC(=O)Nc2ccccc2N2CCCCC2)n1. The van der Waals surface area contributed by atoms with E-state index in [0.29, 0.717) is 5.13 Å². The Labute approximate surface area is 138 Å². The fourth-order valence-corrected chi connectivity index (χ4v) is 3.12. The van der Waals surface area contributed by atoms with Crippen molar-refractivity contribution in [2.24, 2.45) is 0 Å². The van der Waals surface area contributed by atoms with Crippen LogP contribution in [0.1, 0.15) is 19.3 Å². The molecule has 2 heterocycles. The number of ether oxygens (including phenoxy) is 1. The third-order valence-corrected chi connectivity index (χ3v) is 4.27. The number of para-hydroxylation sites is 2. The molecule has 1 aromatic carbocycles. The van der Waals surface area contributed by atoms with E-state index in [-0.39, 0.29) is 12.0 Å². The highest BCUT2D eigenvalue weighted by Crippen LogP contribution is 2.28. The van der Waals surface area contributed by atoms with Crippen LogP contribution >= 0.6 is 11.5 Å². The Kier molecular flexibility index (Phi) is 4.92. The summed E-state index contributed by atoms with van der Waals surface area (Å²) in [5.41, 5.74) is 1.85. The average Bonchev–Trinajstić information content (AvgIpc) is 3.03. The molecule has 2 aromatic rings. The Balaban J connectivity index is 1.68. The number of hydrogen-bond acceptors (Lipinski definition) is 6. The number of nitrogens with one attached hydrogen (secondary N) is 2. The molecule has 0 saturated carbocycles. The van der Waals surface area contributed by atoms with Crippen molar-refractivity contribution in [2.45, 2.75) is 19.3 Å². The molecule has 0 radical (unpaired) electrons. The van der Waals surface area contributed by atoms with Crippen molar-refractivity contribution >= 4 is 34.1 Å². The van der Waals surface area contributed by atoms with Gasteiger partial charge in [0.15, 0.2) is 0 Å². The molecule has 0 aliphatic carbocycles. The Hall–Kier alpha value is -2.35. The Morgan fingerprint density at radius 3 is 2.74 bits per heavy atom. The van der Waals surface area contributed by atoms with E-state index >= 15 is 0 Å². The van der Waals surface area contributed by atoms with Gasteiger partial charge in [-0.05, 0) is 31.4 Å². The number of piperidine rings is 1. The molecule has 7 nitrogen and oxygen atoms in total. The monoisotopic (exact) mass is 333 g/mol. The predicted octanol–water partition coefficient (Wildman–Crippen LogP) is 3.18. The number of amides is 2. The van der Waals surface area contributed by atoms with Crippen LogP contribution in [-0.2, 0) is 0 Å². The number of anilines is 3. The first-order valence-electron chi connectivity index (χ1n) is 7.56. The minimum Gasteiger partial charge on any atom is -0.466 e. The van der Waals surface area contributed by atoms with Crippen molar-refractivity contribution in [2.75, 3.05) is 35.7 Å². The fraction of sp³-hybridized carbons (Fsp3) is 0.400. The maximum Gasteiger partial charge on any atom is 0.329 e. The summed E-state index contributed by atoms with van der Waals surface area (Å²) in [6, 6.07) is 7.76. The highest BCUT2D eigenvalue weighted by molar-refractivity contribution is 7.10. The van der Waals surface area contributed by atoms with Crippen LogP contribution in [-0.4, -0.2) is 35.6 Å². The highest BCUT2D eigenvalue weighted by atomic mass is 32.1. The number of benzene rings is 1. The van der Waals surface area contributed by atoms with E-state index in [1.54, 1.807) is 0 Å². The van der Waals surface area contributed by atoms with Crippen molar-refractivity contribution < 1.29 is 9.53 Å². The molecule has 1 fully saturated rings. The summed E-state index contributed by atoms with van der Waals surface area (Å²) < 4.78 is 8.85. The smallest absolute Gasteiger partial charge is 0.329 e. The van der Waals surface area contributed by atoms with Gasteiger partial charge in [0.1, 0.15) is 0 Å². The van der Waals surface area contributed by atoms with Gasteiger partial charge in [-0.25, -0.2) is 4.79 Å². The van der Waals surface area contributed by atoms with Crippen LogP contribution < -0.4 is 20.3 Å². The van der Waals surface area contributed by atoms with Crippen molar-refractivity contribution in [3.05, 3.63) is 24.3 Å². The van der Waals surface area contributed by atoms with Crippen LogP contribution in [0.3, 0.4) is 0 Å². The summed E-state index contributed by atoms with van der Waals surface area (Å²) in [4.78, 5) is 18.5. The maximum atomic E-state index is 12.2. The molecule has 0 unspecified atom stereocenters. The topological polar surface area (TPSA) is 79.4 Å². The largest absolute Gasteiger partial charge is 0.466 e. The first kappa shape index (κ1) is 15.5. The fourth-order valence-electron chi connectivity index (χ4n) is 2.58. The zero-order valence-electron chi connectivity index (χ0n) is 12.9. The van der Waals surface area contributed by atoms with Gasteiger partial charge in [0.05, 0.1) is 18.5 Å². The zero-order valence-corrected chi connectivity index (χ0v) is 13.7. The number of carbonyl (C=O) groups is 1. The van der Waals surface area contributed by atoms with Crippen molar-refractivity contribution in [3.63, 3.8) is 0 Å². The van der Waals surface area contributed by atoms with Crippen molar-refractivity contribution in [3.8, 4) is 6.01 Å². The molecule has 1 aromatic heterocycles. The summed E-state index contributed by atoms with van der Waals surface area (Å²) in [7, 11) is 1.49. The normalized spacial score (nSPS) is 14.4. The van der Waals surface area contributed by atoms with E-state index in [9.17, 15) is 4.79 Å². The van der Waals surface area contributed by atoms with Gasteiger partial charge in [0.2, 0.25) is 5.13 Å². The lowest BCUT2D eigenvalue weighted by atomic mass is 10.1. The minimum absolute atomic E-state index is 0.249. The second-order valence-corrected chi connectivity index (χ2v) is 5.98. The lowest BCUT2D eigenvalue weighted by molar-refractivity contribution is 0.262. The van der Waals surface area contributed by atoms with Gasteiger partial charge in [0.25, 0.3) is 0 Å². The van der Waals surface area contributed by atoms with Gasteiger partial charge >= 0.3 is 12.0 Å². The van der Waals surface area contributed by atoms with E-state index in [1.807, 2.05) is 24.3 Å². The first-order valence-corrected chi connectivity index (χ1v) is 8.33. The standard InChI is InChI=1S/C15H19N5O2S/c1-22-14-18-15(23-19-14)17-13(21)16-11-7-3-4-8-12(11)20-9-5-2-6-10-20/h3-4,7-8H,2,5-6,9-10H2,1H3,(H2,16,17,18,19,21). The van der Waals surface area contributed by atoms with E-state index in [2.05, 4.69) is 24.9 Å². The van der Waals surface area contributed by atoms with Crippen molar-refractivity contribution in [1.29, 1.82) is 0 Å². The molecule has 1 aliphatic rings. The molecule has 0 bridgehead atoms. The molecule has 23 heavy (non-hydrogen) atoms. The number of rotatable bonds is 4. The van der Waals surface area contributed by atoms with Crippen LogP contribution in [0.4, 0.5) is 21.3 Å². The number of nitrogens with zero attached hydrogens (tertiary/aromatic N) is 3. The highest BCUT2D eigenvalue weighted by Gasteiger charge is 2.16. The number of aromatic nitrogens is 2. The van der Waals surface area contributed by atoms with Crippen LogP contribution in [0.15, 0.2) is 24.3 Å².